The number of aromatic nitrogens is 5. The molecule has 1 saturated heterocycles. The zero-order chi connectivity index (χ0) is 23.3. The second-order valence-electron chi connectivity index (χ2n) is 8.89. The van der Waals surface area contributed by atoms with Crippen molar-refractivity contribution in [2.75, 3.05) is 25.6 Å². The first kappa shape index (κ1) is 21.4. The molecular weight excluding hydrogens is 422 g/mol. The number of fused-ring (bicyclic) bond motifs is 2. The van der Waals surface area contributed by atoms with Crippen LogP contribution in [0.3, 0.4) is 0 Å². The summed E-state index contributed by atoms with van der Waals surface area (Å²) in [5.41, 5.74) is 2.12. The number of rotatable bonds is 5. The van der Waals surface area contributed by atoms with E-state index >= 15 is 0 Å². The van der Waals surface area contributed by atoms with Gasteiger partial charge in [-0.05, 0) is 32.9 Å². The molecule has 4 aromatic rings. The van der Waals surface area contributed by atoms with Crippen molar-refractivity contribution >= 4 is 28.4 Å². The number of carbonyl (C=O) groups is 1. The smallest absolute Gasteiger partial charge is 0.257 e. The Hall–Kier alpha value is -3.50. The number of amides is 1. The number of aliphatic hydroxyl groups is 1. The van der Waals surface area contributed by atoms with Crippen LogP contribution in [0.4, 0.5) is 5.82 Å². The fourth-order valence-corrected chi connectivity index (χ4v) is 4.22. The Labute approximate surface area is 190 Å². The van der Waals surface area contributed by atoms with Crippen molar-refractivity contribution in [1.82, 2.24) is 29.5 Å². The van der Waals surface area contributed by atoms with Crippen molar-refractivity contribution in [3.8, 4) is 11.3 Å². The third-order valence-corrected chi connectivity index (χ3v) is 6.13. The van der Waals surface area contributed by atoms with Crippen LogP contribution in [0.2, 0.25) is 0 Å². The van der Waals surface area contributed by atoms with Gasteiger partial charge in [0, 0.05) is 42.5 Å². The highest BCUT2D eigenvalue weighted by atomic mass is 16.5. The van der Waals surface area contributed by atoms with Crippen LogP contribution in [0.5, 0.6) is 0 Å². The number of anilines is 1. The Kier molecular flexibility index (Phi) is 5.06. The molecule has 1 amide bonds. The largest absolute Gasteiger partial charge is 0.386 e. The van der Waals surface area contributed by atoms with E-state index in [-0.39, 0.29) is 25.2 Å². The van der Waals surface area contributed by atoms with E-state index in [1.54, 1.807) is 24.7 Å². The monoisotopic (exact) mass is 449 g/mol. The Balaban J connectivity index is 1.63. The minimum Gasteiger partial charge on any atom is -0.386 e. The van der Waals surface area contributed by atoms with E-state index in [1.165, 1.54) is 6.20 Å². The van der Waals surface area contributed by atoms with Gasteiger partial charge in [-0.3, -0.25) is 4.79 Å². The normalized spacial score (nSPS) is 20.7. The maximum atomic E-state index is 13.1. The molecule has 1 fully saturated rings. The lowest BCUT2D eigenvalue weighted by Crippen LogP contribution is -2.50. The van der Waals surface area contributed by atoms with Gasteiger partial charge in [-0.15, -0.1) is 0 Å². The highest BCUT2D eigenvalue weighted by Crippen LogP contribution is 2.32. The summed E-state index contributed by atoms with van der Waals surface area (Å²) in [4.78, 5) is 22.5. The number of nitrogens with zero attached hydrogens (tertiary/aromatic N) is 5. The molecule has 172 valence electrons. The van der Waals surface area contributed by atoms with Gasteiger partial charge >= 0.3 is 0 Å². The molecule has 4 aromatic heterocycles. The Morgan fingerprint density at radius 1 is 1.36 bits per heavy atom. The molecule has 10 nitrogen and oxygen atoms in total. The minimum atomic E-state index is -1.13. The maximum Gasteiger partial charge on any atom is 0.257 e. The number of hydrogen-bond donors (Lipinski definition) is 3. The van der Waals surface area contributed by atoms with E-state index in [2.05, 4.69) is 39.1 Å². The quantitative estimate of drug-likeness (QED) is 0.428. The number of pyridine rings is 1. The van der Waals surface area contributed by atoms with Gasteiger partial charge in [-0.2, -0.15) is 9.61 Å². The fraction of sp³-hybridized carbons (Fsp3) is 0.391. The molecule has 0 radical (unpaired) electrons. The van der Waals surface area contributed by atoms with Gasteiger partial charge < -0.3 is 25.0 Å². The van der Waals surface area contributed by atoms with Crippen molar-refractivity contribution in [3.63, 3.8) is 0 Å². The summed E-state index contributed by atoms with van der Waals surface area (Å²) in [5, 5.41) is 21.8. The number of ether oxygens (including phenoxy) is 1. The first-order chi connectivity index (χ1) is 15.8. The molecule has 0 spiro atoms. The van der Waals surface area contributed by atoms with Gasteiger partial charge in [-0.1, -0.05) is 0 Å². The van der Waals surface area contributed by atoms with Gasteiger partial charge in [0.25, 0.3) is 5.91 Å². The van der Waals surface area contributed by atoms with Crippen LogP contribution in [0.1, 0.15) is 37.2 Å². The van der Waals surface area contributed by atoms with E-state index in [4.69, 9.17) is 9.72 Å². The van der Waals surface area contributed by atoms with E-state index in [1.807, 2.05) is 24.4 Å². The molecule has 5 heterocycles. The first-order valence-corrected chi connectivity index (χ1v) is 10.9. The molecule has 0 aliphatic carbocycles. The second kappa shape index (κ2) is 7.82. The number of hydrogen-bond acceptors (Lipinski definition) is 7. The third-order valence-electron chi connectivity index (χ3n) is 6.13. The fourth-order valence-electron chi connectivity index (χ4n) is 4.22. The number of nitrogens with one attached hydrogen (secondary N) is 2. The highest BCUT2D eigenvalue weighted by molar-refractivity contribution is 6.01. The molecule has 33 heavy (non-hydrogen) atoms. The summed E-state index contributed by atoms with van der Waals surface area (Å²) in [6.07, 6.45) is 5.32. The van der Waals surface area contributed by atoms with Crippen molar-refractivity contribution < 1.29 is 14.6 Å². The first-order valence-electron chi connectivity index (χ1n) is 10.9. The minimum absolute atomic E-state index is 0.174. The Morgan fingerprint density at radius 3 is 2.88 bits per heavy atom. The molecule has 2 atom stereocenters. The molecule has 0 saturated carbocycles. The van der Waals surface area contributed by atoms with E-state index in [9.17, 15) is 9.90 Å². The molecule has 1 aliphatic rings. The summed E-state index contributed by atoms with van der Waals surface area (Å²) in [6.45, 7) is 6.28. The Bertz CT molecular complexity index is 1360. The molecule has 3 N–H and O–H groups in total. The second-order valence-corrected chi connectivity index (χ2v) is 8.89. The van der Waals surface area contributed by atoms with Crippen molar-refractivity contribution in [3.05, 3.63) is 42.4 Å². The lowest BCUT2D eigenvalue weighted by Gasteiger charge is -2.23. The SMILES string of the molecule is CNc1cc(-c2cn(C(C)C)c3ncccc23)nc2c(C(=O)N[C@@H]3COC[C@]3(C)O)cnn12. The van der Waals surface area contributed by atoms with Crippen molar-refractivity contribution in [2.45, 2.75) is 38.5 Å². The summed E-state index contributed by atoms with van der Waals surface area (Å²) in [7, 11) is 1.80. The highest BCUT2D eigenvalue weighted by Gasteiger charge is 2.39. The zero-order valence-corrected chi connectivity index (χ0v) is 19.0. The molecule has 0 aromatic carbocycles. The summed E-state index contributed by atoms with van der Waals surface area (Å²) in [5.74, 6) is 0.332. The van der Waals surface area contributed by atoms with E-state index in [0.29, 0.717) is 22.7 Å². The molecule has 5 rings (SSSR count). The Morgan fingerprint density at radius 2 is 2.18 bits per heavy atom. The van der Waals surface area contributed by atoms with Crippen LogP contribution >= 0.6 is 0 Å². The summed E-state index contributed by atoms with van der Waals surface area (Å²) >= 11 is 0. The van der Waals surface area contributed by atoms with Crippen LogP contribution in [0.15, 0.2) is 36.8 Å². The average Bonchev–Trinajstić information content (AvgIpc) is 3.48. The van der Waals surface area contributed by atoms with Crippen molar-refractivity contribution in [2.24, 2.45) is 0 Å². The summed E-state index contributed by atoms with van der Waals surface area (Å²) in [6, 6.07) is 5.54. The van der Waals surface area contributed by atoms with E-state index in [0.717, 1.165) is 16.6 Å². The lowest BCUT2D eigenvalue weighted by atomic mass is 10.0. The van der Waals surface area contributed by atoms with Crippen LogP contribution in [0, 0.1) is 0 Å². The van der Waals surface area contributed by atoms with E-state index < -0.39 is 11.6 Å². The molecule has 10 heteroatoms. The molecule has 1 aliphatic heterocycles. The van der Waals surface area contributed by atoms with Gasteiger partial charge in [0.1, 0.15) is 22.6 Å². The molecule has 0 bridgehead atoms. The topological polar surface area (TPSA) is 119 Å². The van der Waals surface area contributed by atoms with Crippen LogP contribution in [0.25, 0.3) is 27.9 Å². The predicted octanol–water partition coefficient (Wildman–Crippen LogP) is 2.25. The third kappa shape index (κ3) is 3.51. The van der Waals surface area contributed by atoms with Crippen LogP contribution in [-0.4, -0.2) is 67.1 Å². The van der Waals surface area contributed by atoms with Gasteiger partial charge in [-0.25, -0.2) is 9.97 Å². The maximum absolute atomic E-state index is 13.1. The van der Waals surface area contributed by atoms with Gasteiger partial charge in [0.15, 0.2) is 5.65 Å². The van der Waals surface area contributed by atoms with Crippen molar-refractivity contribution in [1.29, 1.82) is 0 Å². The standard InChI is InChI=1S/C23H27N7O3/c1-13(2)29-10-16(14-6-5-7-25-20(14)29)17-8-19(24-4)30-21(27-17)15(9-26-30)22(31)28-18-11-33-12-23(18,3)32/h5-10,13,18,24,32H,11-12H2,1-4H3,(H,28,31)/t18-,23+/m1/s1. The average molecular weight is 450 g/mol. The molecular formula is C23H27N7O3. The summed E-state index contributed by atoms with van der Waals surface area (Å²) < 4.78 is 9.05. The number of carbonyl (C=O) groups excluding carboxylic acids is 1. The van der Waals surface area contributed by atoms with Crippen LogP contribution in [-0.2, 0) is 4.74 Å². The molecule has 0 unspecified atom stereocenters. The lowest BCUT2D eigenvalue weighted by molar-refractivity contribution is 0.0288. The van der Waals surface area contributed by atoms with Gasteiger partial charge in [0.2, 0.25) is 0 Å². The predicted molar refractivity (Wildman–Crippen MR) is 124 cm³/mol. The van der Waals surface area contributed by atoms with Gasteiger partial charge in [0.05, 0.1) is 31.1 Å². The van der Waals surface area contributed by atoms with Crippen LogP contribution < -0.4 is 10.6 Å². The zero-order valence-electron chi connectivity index (χ0n) is 19.0.